The van der Waals surface area contributed by atoms with Crippen LogP contribution in [0.2, 0.25) is 0 Å². The van der Waals surface area contributed by atoms with Crippen LogP contribution in [0, 0.1) is 5.41 Å². The zero-order valence-electron chi connectivity index (χ0n) is 21.3. The number of methoxy groups -OCH3 is 1. The van der Waals surface area contributed by atoms with Crippen molar-refractivity contribution in [3.05, 3.63) is 82.9 Å². The Kier molecular flexibility index (Phi) is 8.92. The van der Waals surface area contributed by atoms with Crippen molar-refractivity contribution in [2.24, 2.45) is 11.5 Å². The normalized spacial score (nSPS) is 12.3. The second-order valence-electron chi connectivity index (χ2n) is 8.84. The fourth-order valence-electron chi connectivity index (χ4n) is 3.94. The number of nitrogens with zero attached hydrogens (tertiary/aromatic N) is 1. The minimum atomic E-state index is -3.97. The molecule has 0 fully saturated rings. The second-order valence-corrected chi connectivity index (χ2v) is 11.6. The van der Waals surface area contributed by atoms with E-state index in [2.05, 4.69) is 10.0 Å². The van der Waals surface area contributed by atoms with Crippen LogP contribution >= 0.6 is 11.3 Å². The molecule has 0 aliphatic carbocycles. The van der Waals surface area contributed by atoms with Crippen LogP contribution in [0.25, 0.3) is 10.2 Å². The number of amidine groups is 1. The van der Waals surface area contributed by atoms with Crippen molar-refractivity contribution in [1.82, 2.24) is 9.71 Å². The van der Waals surface area contributed by atoms with Gasteiger partial charge in [0.2, 0.25) is 15.9 Å². The number of nitrogens with one attached hydrogen (secondary N) is 3. The van der Waals surface area contributed by atoms with E-state index < -0.39 is 16.1 Å². The molecule has 3 aromatic carbocycles. The molecule has 39 heavy (non-hydrogen) atoms. The summed E-state index contributed by atoms with van der Waals surface area (Å²) in [7, 11) is -2.39. The molecule has 1 amide bonds. The van der Waals surface area contributed by atoms with Crippen molar-refractivity contribution in [3.8, 4) is 5.75 Å². The van der Waals surface area contributed by atoms with Crippen LogP contribution in [0.4, 0.5) is 5.69 Å². The number of nitrogen functional groups attached to an aromatic ring is 1. The van der Waals surface area contributed by atoms with Gasteiger partial charge in [0.05, 0.1) is 28.3 Å². The molecule has 4 aromatic rings. The fourth-order valence-corrected chi connectivity index (χ4v) is 6.26. The highest BCUT2D eigenvalue weighted by atomic mass is 32.2. The number of aromatic nitrogens is 1. The molecule has 1 heterocycles. The Balaban J connectivity index is 1.63. The molecule has 7 N–H and O–H groups in total. The van der Waals surface area contributed by atoms with Crippen LogP contribution in [-0.2, 0) is 21.2 Å². The molecule has 1 aromatic heterocycles. The standard InChI is InChI=1S/C27H30N6O4S2/c1-37-20-9-12-22-24(16-20)38-27(32-22)23(15-17-4-2-5-18(14-17)26(29)30)33-39(35,36)21-10-7-19(8-11-21)31-25(34)6-3-13-28/h2,4-5,7-12,14,16,23,33H,3,6,13,15,28H2,1H3,(H3,29,30)(H,31,34)/t23-/m1/s1. The average Bonchev–Trinajstić information content (AvgIpc) is 3.35. The van der Waals surface area contributed by atoms with Gasteiger partial charge in [0.1, 0.15) is 16.6 Å². The van der Waals surface area contributed by atoms with E-state index in [1.807, 2.05) is 18.2 Å². The molecule has 0 aliphatic rings. The molecule has 0 saturated heterocycles. The third kappa shape index (κ3) is 7.18. The number of hydrogen-bond donors (Lipinski definition) is 5. The lowest BCUT2D eigenvalue weighted by molar-refractivity contribution is -0.116. The number of nitrogens with two attached hydrogens (primary N) is 2. The second kappa shape index (κ2) is 12.3. The zero-order chi connectivity index (χ0) is 28.0. The maximum absolute atomic E-state index is 13.5. The Morgan fingerprint density at radius 2 is 1.90 bits per heavy atom. The first kappa shape index (κ1) is 28.2. The number of sulfonamides is 1. The molecule has 0 bridgehead atoms. The lowest BCUT2D eigenvalue weighted by Crippen LogP contribution is -2.30. The Bertz CT molecular complexity index is 1590. The van der Waals surface area contributed by atoms with Gasteiger partial charge in [-0.05, 0) is 73.5 Å². The number of carbonyl (C=O) groups excluding carboxylic acids is 1. The first-order valence-corrected chi connectivity index (χ1v) is 14.5. The summed E-state index contributed by atoms with van der Waals surface area (Å²) in [6.45, 7) is 0.415. The topological polar surface area (TPSA) is 173 Å². The van der Waals surface area contributed by atoms with Crippen molar-refractivity contribution in [2.75, 3.05) is 19.0 Å². The molecule has 0 aliphatic heterocycles. The number of rotatable bonds is 12. The van der Waals surface area contributed by atoms with Crippen molar-refractivity contribution in [1.29, 1.82) is 5.41 Å². The number of ether oxygens (including phenoxy) is 1. The van der Waals surface area contributed by atoms with Gasteiger partial charge in [-0.15, -0.1) is 11.3 Å². The van der Waals surface area contributed by atoms with E-state index in [0.29, 0.717) is 41.4 Å². The minimum absolute atomic E-state index is 0.0488. The van der Waals surface area contributed by atoms with Crippen LogP contribution in [0.5, 0.6) is 5.75 Å². The summed E-state index contributed by atoms with van der Waals surface area (Å²) in [5.41, 5.74) is 13.7. The van der Waals surface area contributed by atoms with Gasteiger partial charge in [0, 0.05) is 17.7 Å². The monoisotopic (exact) mass is 566 g/mol. The lowest BCUT2D eigenvalue weighted by Gasteiger charge is -2.18. The molecule has 1 atom stereocenters. The van der Waals surface area contributed by atoms with Gasteiger partial charge in [0.15, 0.2) is 0 Å². The smallest absolute Gasteiger partial charge is 0.241 e. The third-order valence-electron chi connectivity index (χ3n) is 5.94. The molecule has 0 spiro atoms. The molecular weight excluding hydrogens is 536 g/mol. The van der Waals surface area contributed by atoms with Crippen LogP contribution in [0.1, 0.15) is 35.0 Å². The van der Waals surface area contributed by atoms with E-state index in [1.54, 1.807) is 43.5 Å². The van der Waals surface area contributed by atoms with Crippen LogP contribution in [-0.4, -0.2) is 38.8 Å². The molecule has 4 rings (SSSR count). The summed E-state index contributed by atoms with van der Waals surface area (Å²) in [6, 6.07) is 17.9. The molecule has 12 heteroatoms. The number of anilines is 1. The van der Waals surface area contributed by atoms with Crippen molar-refractivity contribution in [2.45, 2.75) is 30.2 Å². The van der Waals surface area contributed by atoms with Crippen molar-refractivity contribution < 1.29 is 17.9 Å². The zero-order valence-corrected chi connectivity index (χ0v) is 22.9. The Morgan fingerprint density at radius 3 is 2.59 bits per heavy atom. The van der Waals surface area contributed by atoms with Gasteiger partial charge >= 0.3 is 0 Å². The van der Waals surface area contributed by atoms with E-state index in [9.17, 15) is 13.2 Å². The summed E-state index contributed by atoms with van der Waals surface area (Å²) < 4.78 is 35.9. The summed E-state index contributed by atoms with van der Waals surface area (Å²) in [5.74, 6) is 0.421. The molecular formula is C27H30N6O4S2. The number of thiazole rings is 1. The maximum atomic E-state index is 13.5. The van der Waals surface area contributed by atoms with Gasteiger partial charge in [0.25, 0.3) is 0 Å². The lowest BCUT2D eigenvalue weighted by atomic mass is 10.0. The molecule has 10 nitrogen and oxygen atoms in total. The van der Waals surface area contributed by atoms with Crippen molar-refractivity contribution >= 4 is 49.0 Å². The summed E-state index contributed by atoms with van der Waals surface area (Å²) in [5, 5.41) is 11.1. The first-order chi connectivity index (χ1) is 18.7. The highest BCUT2D eigenvalue weighted by molar-refractivity contribution is 7.89. The van der Waals surface area contributed by atoms with Crippen LogP contribution in [0.3, 0.4) is 0 Å². The van der Waals surface area contributed by atoms with E-state index in [0.717, 1.165) is 15.8 Å². The first-order valence-electron chi connectivity index (χ1n) is 12.2. The quantitative estimate of drug-likeness (QED) is 0.129. The highest BCUT2D eigenvalue weighted by Gasteiger charge is 2.25. The van der Waals surface area contributed by atoms with Crippen LogP contribution in [0.15, 0.2) is 71.6 Å². The van der Waals surface area contributed by atoms with E-state index in [4.69, 9.17) is 26.6 Å². The van der Waals surface area contributed by atoms with Gasteiger partial charge in [-0.25, -0.2) is 18.1 Å². The molecule has 0 unspecified atom stereocenters. The predicted molar refractivity (Wildman–Crippen MR) is 154 cm³/mol. The largest absolute Gasteiger partial charge is 0.497 e. The average molecular weight is 567 g/mol. The number of fused-ring (bicyclic) bond motifs is 1. The Labute approximate surface area is 231 Å². The fraction of sp³-hybridized carbons (Fsp3) is 0.222. The predicted octanol–water partition coefficient (Wildman–Crippen LogP) is 3.53. The van der Waals surface area contributed by atoms with Gasteiger partial charge in [-0.3, -0.25) is 10.2 Å². The van der Waals surface area contributed by atoms with Gasteiger partial charge in [-0.2, -0.15) is 0 Å². The molecule has 0 saturated carbocycles. The number of amides is 1. The number of benzene rings is 3. The molecule has 0 radical (unpaired) electrons. The van der Waals surface area contributed by atoms with Crippen LogP contribution < -0.4 is 26.2 Å². The van der Waals surface area contributed by atoms with Crippen molar-refractivity contribution in [3.63, 3.8) is 0 Å². The summed E-state index contributed by atoms with van der Waals surface area (Å²) in [6.07, 6.45) is 1.14. The highest BCUT2D eigenvalue weighted by Crippen LogP contribution is 2.32. The summed E-state index contributed by atoms with van der Waals surface area (Å²) >= 11 is 1.37. The third-order valence-corrected chi connectivity index (χ3v) is 8.56. The van der Waals surface area contributed by atoms with Gasteiger partial charge in [-0.1, -0.05) is 18.2 Å². The van der Waals surface area contributed by atoms with E-state index >= 15 is 0 Å². The summed E-state index contributed by atoms with van der Waals surface area (Å²) in [4.78, 5) is 16.7. The van der Waals surface area contributed by atoms with E-state index in [-0.39, 0.29) is 23.1 Å². The maximum Gasteiger partial charge on any atom is 0.241 e. The Hall–Kier alpha value is -3.84. The Morgan fingerprint density at radius 1 is 1.13 bits per heavy atom. The number of carbonyl (C=O) groups is 1. The molecule has 204 valence electrons. The minimum Gasteiger partial charge on any atom is -0.497 e. The SMILES string of the molecule is COc1ccc2nc([C@@H](Cc3cccc(C(=N)N)c3)NS(=O)(=O)c3ccc(NC(=O)CCCN)cc3)sc2c1. The van der Waals surface area contributed by atoms with Gasteiger partial charge < -0.3 is 21.5 Å². The number of hydrogen-bond acceptors (Lipinski definition) is 8. The van der Waals surface area contributed by atoms with E-state index in [1.165, 1.54) is 23.5 Å².